The number of hydrogen-bond acceptors (Lipinski definition) is 6. The first-order valence-corrected chi connectivity index (χ1v) is 6.35. The van der Waals surface area contributed by atoms with Crippen molar-refractivity contribution >= 4 is 23.0 Å². The van der Waals surface area contributed by atoms with Crippen molar-refractivity contribution in [2.24, 2.45) is 11.6 Å². The Bertz CT molecular complexity index is 534. The first-order valence-electron chi connectivity index (χ1n) is 6.35. The number of piperidine rings is 1. The van der Waals surface area contributed by atoms with Gasteiger partial charge in [-0.25, -0.2) is 0 Å². The summed E-state index contributed by atoms with van der Waals surface area (Å²) in [5, 5.41) is 10.9. The zero-order valence-electron chi connectivity index (χ0n) is 10.9. The first kappa shape index (κ1) is 14.1. The maximum absolute atomic E-state index is 11.5. The van der Waals surface area contributed by atoms with Gasteiger partial charge in [-0.3, -0.25) is 20.8 Å². The highest BCUT2D eigenvalue weighted by Gasteiger charge is 2.28. The summed E-state index contributed by atoms with van der Waals surface area (Å²) in [6.07, 6.45) is 2.49. The number of anilines is 2. The number of rotatable bonds is 4. The second kappa shape index (κ2) is 5.74. The lowest BCUT2D eigenvalue weighted by Gasteiger charge is -2.35. The summed E-state index contributed by atoms with van der Waals surface area (Å²) < 4.78 is 0. The molecular weight excluding hydrogens is 262 g/mol. The van der Waals surface area contributed by atoms with Gasteiger partial charge in [0.2, 0.25) is 5.91 Å². The van der Waals surface area contributed by atoms with E-state index in [4.69, 9.17) is 11.6 Å². The third-order valence-electron chi connectivity index (χ3n) is 3.44. The molecule has 0 radical (unpaired) electrons. The Morgan fingerprint density at radius 2 is 2.15 bits per heavy atom. The molecule has 2 rings (SSSR count). The Morgan fingerprint density at radius 3 is 2.75 bits per heavy atom. The fraction of sp³-hybridized carbons (Fsp3) is 0.417. The van der Waals surface area contributed by atoms with Gasteiger partial charge < -0.3 is 16.1 Å². The lowest BCUT2D eigenvalue weighted by Crippen LogP contribution is -2.47. The number of nitrogens with one attached hydrogen (secondary N) is 1. The summed E-state index contributed by atoms with van der Waals surface area (Å²) in [6, 6.07) is 4.01. The van der Waals surface area contributed by atoms with Gasteiger partial charge >= 0.3 is 0 Å². The van der Waals surface area contributed by atoms with Crippen LogP contribution in [0.1, 0.15) is 19.3 Å². The molecule has 1 saturated heterocycles. The van der Waals surface area contributed by atoms with Gasteiger partial charge in [-0.15, -0.1) is 0 Å². The lowest BCUT2D eigenvalue weighted by molar-refractivity contribution is -0.384. The smallest absolute Gasteiger partial charge is 0.273 e. The number of benzene rings is 1. The Morgan fingerprint density at radius 1 is 1.40 bits per heavy atom. The largest absolute Gasteiger partial charge is 0.368 e. The van der Waals surface area contributed by atoms with Gasteiger partial charge in [-0.05, 0) is 25.3 Å². The maximum Gasteiger partial charge on any atom is 0.273 e. The first-order chi connectivity index (χ1) is 9.52. The van der Waals surface area contributed by atoms with Crippen LogP contribution in [0.25, 0.3) is 0 Å². The van der Waals surface area contributed by atoms with Crippen LogP contribution in [0.4, 0.5) is 17.1 Å². The van der Waals surface area contributed by atoms with E-state index >= 15 is 0 Å². The topological polar surface area (TPSA) is 128 Å². The highest BCUT2D eigenvalue weighted by molar-refractivity contribution is 5.84. The fourth-order valence-electron chi connectivity index (χ4n) is 2.49. The molecule has 1 fully saturated rings. The second-order valence-electron chi connectivity index (χ2n) is 4.75. The van der Waals surface area contributed by atoms with Crippen molar-refractivity contribution in [3.05, 3.63) is 28.3 Å². The number of hydrogen-bond donors (Lipinski definition) is 3. The van der Waals surface area contributed by atoms with Crippen LogP contribution in [0, 0.1) is 10.1 Å². The van der Waals surface area contributed by atoms with E-state index in [9.17, 15) is 14.9 Å². The Labute approximate surface area is 115 Å². The Hall–Kier alpha value is -2.35. The Kier molecular flexibility index (Phi) is 4.04. The molecule has 5 N–H and O–H groups in total. The third-order valence-corrected chi connectivity index (χ3v) is 3.44. The van der Waals surface area contributed by atoms with Crippen molar-refractivity contribution in [1.29, 1.82) is 0 Å². The molecule has 1 amide bonds. The SMILES string of the molecule is NNc1cc(N2CCCCC2C(N)=O)cc([N+](=O)[O-])c1. The number of nitrogen functional groups attached to an aromatic ring is 1. The van der Waals surface area contributed by atoms with Gasteiger partial charge in [-0.2, -0.15) is 0 Å². The molecule has 108 valence electrons. The molecule has 0 spiro atoms. The number of nitrogens with two attached hydrogens (primary N) is 2. The summed E-state index contributed by atoms with van der Waals surface area (Å²) in [4.78, 5) is 23.8. The number of nitro benzene ring substituents is 1. The van der Waals surface area contributed by atoms with Crippen LogP contribution in [0.2, 0.25) is 0 Å². The van der Waals surface area contributed by atoms with E-state index in [0.717, 1.165) is 12.8 Å². The molecule has 1 atom stereocenters. The van der Waals surface area contributed by atoms with Gasteiger partial charge in [0.05, 0.1) is 10.6 Å². The minimum Gasteiger partial charge on any atom is -0.368 e. The van der Waals surface area contributed by atoms with Crippen LogP contribution >= 0.6 is 0 Å². The Balaban J connectivity index is 2.41. The molecule has 0 aromatic heterocycles. The highest BCUT2D eigenvalue weighted by atomic mass is 16.6. The number of carbonyl (C=O) groups excluding carboxylic acids is 1. The molecule has 20 heavy (non-hydrogen) atoms. The van der Waals surface area contributed by atoms with Gasteiger partial charge in [0, 0.05) is 24.4 Å². The van der Waals surface area contributed by atoms with Crippen LogP contribution in [0.15, 0.2) is 18.2 Å². The average molecular weight is 279 g/mol. The van der Waals surface area contributed by atoms with Crippen LogP contribution in [-0.2, 0) is 4.79 Å². The number of amides is 1. The average Bonchev–Trinajstić information content (AvgIpc) is 2.46. The second-order valence-corrected chi connectivity index (χ2v) is 4.75. The molecule has 1 unspecified atom stereocenters. The van der Waals surface area contributed by atoms with Crippen molar-refractivity contribution in [3.8, 4) is 0 Å². The van der Waals surface area contributed by atoms with E-state index in [2.05, 4.69) is 5.43 Å². The van der Waals surface area contributed by atoms with E-state index in [1.54, 1.807) is 11.0 Å². The summed E-state index contributed by atoms with van der Waals surface area (Å²) in [6.45, 7) is 0.638. The van der Waals surface area contributed by atoms with Gasteiger partial charge in [0.25, 0.3) is 5.69 Å². The minimum atomic E-state index is -0.492. The molecule has 8 heteroatoms. The van der Waals surface area contributed by atoms with Gasteiger partial charge in [0.1, 0.15) is 6.04 Å². The third kappa shape index (κ3) is 2.80. The number of primary amides is 1. The predicted octanol–water partition coefficient (Wildman–Crippen LogP) is 0.725. The van der Waals surface area contributed by atoms with Crippen LogP contribution in [0.3, 0.4) is 0 Å². The number of non-ortho nitro benzene ring substituents is 1. The van der Waals surface area contributed by atoms with Crippen LogP contribution in [-0.4, -0.2) is 23.4 Å². The molecule has 0 aliphatic carbocycles. The van der Waals surface area contributed by atoms with Crippen molar-refractivity contribution < 1.29 is 9.72 Å². The number of nitrogens with zero attached hydrogens (tertiary/aromatic N) is 2. The molecule has 8 nitrogen and oxygen atoms in total. The molecule has 1 heterocycles. The highest BCUT2D eigenvalue weighted by Crippen LogP contribution is 2.30. The quantitative estimate of drug-likeness (QED) is 0.423. The summed E-state index contributed by atoms with van der Waals surface area (Å²) in [5.74, 6) is 4.91. The van der Waals surface area contributed by atoms with Gasteiger partial charge in [-0.1, -0.05) is 0 Å². The number of hydrazine groups is 1. The maximum atomic E-state index is 11.5. The fourth-order valence-corrected chi connectivity index (χ4v) is 2.49. The van der Waals surface area contributed by atoms with E-state index < -0.39 is 16.9 Å². The molecule has 1 aromatic rings. The van der Waals surface area contributed by atoms with E-state index in [1.807, 2.05) is 0 Å². The normalized spacial score (nSPS) is 18.6. The van der Waals surface area contributed by atoms with E-state index in [0.29, 0.717) is 24.3 Å². The molecule has 1 aliphatic rings. The lowest BCUT2D eigenvalue weighted by atomic mass is 10.0. The molecule has 1 aliphatic heterocycles. The zero-order chi connectivity index (χ0) is 14.7. The molecule has 0 bridgehead atoms. The molecule has 1 aromatic carbocycles. The monoisotopic (exact) mass is 279 g/mol. The zero-order valence-corrected chi connectivity index (χ0v) is 10.9. The van der Waals surface area contributed by atoms with E-state index in [1.165, 1.54) is 12.1 Å². The minimum absolute atomic E-state index is 0.0794. The van der Waals surface area contributed by atoms with Crippen molar-refractivity contribution in [2.45, 2.75) is 25.3 Å². The number of carbonyl (C=O) groups is 1. The van der Waals surface area contributed by atoms with Crippen molar-refractivity contribution in [2.75, 3.05) is 16.9 Å². The van der Waals surface area contributed by atoms with Gasteiger partial charge in [0.15, 0.2) is 0 Å². The predicted molar refractivity (Wildman–Crippen MR) is 75.1 cm³/mol. The molecule has 0 saturated carbocycles. The number of nitro groups is 1. The van der Waals surface area contributed by atoms with Crippen molar-refractivity contribution in [3.63, 3.8) is 0 Å². The molecular formula is C12H17N5O3. The summed E-state index contributed by atoms with van der Waals surface area (Å²) in [7, 11) is 0. The van der Waals surface area contributed by atoms with E-state index in [-0.39, 0.29) is 5.69 Å². The standard InChI is InChI=1S/C12H17N5O3/c13-12(18)11-3-1-2-4-16(11)9-5-8(15-14)6-10(7-9)17(19)20/h5-7,11,15H,1-4,14H2,(H2,13,18). The summed E-state index contributed by atoms with van der Waals surface area (Å²) >= 11 is 0. The van der Waals surface area contributed by atoms with Crippen LogP contribution < -0.4 is 21.9 Å². The summed E-state index contributed by atoms with van der Waals surface area (Å²) in [5.41, 5.74) is 8.73. The van der Waals surface area contributed by atoms with Crippen molar-refractivity contribution in [1.82, 2.24) is 0 Å². The van der Waals surface area contributed by atoms with Crippen LogP contribution in [0.5, 0.6) is 0 Å².